The van der Waals surface area contributed by atoms with E-state index in [2.05, 4.69) is 34.6 Å². The van der Waals surface area contributed by atoms with Crippen molar-refractivity contribution in [2.75, 3.05) is 39.6 Å². The van der Waals surface area contributed by atoms with E-state index in [1.807, 2.05) is 0 Å². The van der Waals surface area contributed by atoms with Gasteiger partial charge in [0.15, 0.2) is 12.2 Å². The zero-order valence-corrected chi connectivity index (χ0v) is 70.0. The van der Waals surface area contributed by atoms with Crippen LogP contribution in [0.5, 0.6) is 0 Å². The predicted molar refractivity (Wildman–Crippen MR) is 428 cm³/mol. The van der Waals surface area contributed by atoms with Gasteiger partial charge in [-0.3, -0.25) is 37.3 Å². The monoisotopic (exact) mass is 1520 g/mol. The van der Waals surface area contributed by atoms with Crippen LogP contribution in [0.3, 0.4) is 0 Å². The predicted octanol–water partition coefficient (Wildman–Crippen LogP) is 26.0. The van der Waals surface area contributed by atoms with Crippen molar-refractivity contribution in [2.24, 2.45) is 5.92 Å². The molecule has 0 fully saturated rings. The smallest absolute Gasteiger partial charge is 0.462 e. The SMILES string of the molecule is CCCCCCCCCCCCCCCCCCCCCCCCC(=O)O[C@H](COC(=O)CCCCCCCCCCCCCCCCCCCCCCC)COP(=O)(O)OC[C@@H](O)COP(=O)(O)OC[C@@H](COC(=O)CCCCCCCCC)OC(=O)CCCCCCCCCCCCC(C)CC. The van der Waals surface area contributed by atoms with E-state index in [0.29, 0.717) is 25.7 Å². The van der Waals surface area contributed by atoms with Crippen LogP contribution in [0, 0.1) is 5.92 Å². The second-order valence-electron chi connectivity index (χ2n) is 30.8. The Morgan fingerprint density at radius 2 is 0.462 bits per heavy atom. The lowest BCUT2D eigenvalue weighted by Gasteiger charge is -2.21. The van der Waals surface area contributed by atoms with Crippen LogP contribution < -0.4 is 0 Å². The minimum atomic E-state index is -4.96. The Kier molecular flexibility index (Phi) is 76.3. The van der Waals surface area contributed by atoms with Gasteiger partial charge in [-0.1, -0.05) is 407 Å². The van der Waals surface area contributed by atoms with Crippen molar-refractivity contribution < 1.29 is 80.2 Å². The second-order valence-corrected chi connectivity index (χ2v) is 33.7. The van der Waals surface area contributed by atoms with Crippen molar-refractivity contribution in [1.82, 2.24) is 0 Å². The van der Waals surface area contributed by atoms with E-state index in [0.717, 1.165) is 109 Å². The van der Waals surface area contributed by atoms with Crippen LogP contribution >= 0.6 is 15.6 Å². The highest BCUT2D eigenvalue weighted by Crippen LogP contribution is 2.45. The van der Waals surface area contributed by atoms with Crippen molar-refractivity contribution in [3.05, 3.63) is 0 Å². The molecule has 0 bridgehead atoms. The third kappa shape index (κ3) is 76.8. The Balaban J connectivity index is 5.15. The van der Waals surface area contributed by atoms with E-state index in [1.165, 1.54) is 270 Å². The van der Waals surface area contributed by atoms with E-state index in [4.69, 9.17) is 37.0 Å². The van der Waals surface area contributed by atoms with Crippen LogP contribution in [0.2, 0.25) is 0 Å². The summed E-state index contributed by atoms with van der Waals surface area (Å²) in [6.45, 7) is 7.32. The molecule has 0 aromatic rings. The lowest BCUT2D eigenvalue weighted by atomic mass is 9.99. The largest absolute Gasteiger partial charge is 0.472 e. The van der Waals surface area contributed by atoms with Gasteiger partial charge in [0.25, 0.3) is 0 Å². The molecule has 0 spiro atoms. The molecular weight excluding hydrogens is 1350 g/mol. The first-order valence-electron chi connectivity index (χ1n) is 44.2. The molecule has 0 rings (SSSR count). The summed E-state index contributed by atoms with van der Waals surface area (Å²) in [6.07, 6.45) is 71.2. The second kappa shape index (κ2) is 77.8. The molecule has 0 aliphatic carbocycles. The summed E-state index contributed by atoms with van der Waals surface area (Å²) >= 11 is 0. The summed E-state index contributed by atoms with van der Waals surface area (Å²) in [7, 11) is -9.92. The van der Waals surface area contributed by atoms with E-state index in [9.17, 15) is 43.2 Å². The third-order valence-electron chi connectivity index (χ3n) is 20.4. The fraction of sp³-hybridized carbons (Fsp3) is 0.953. The molecule has 0 saturated heterocycles. The summed E-state index contributed by atoms with van der Waals surface area (Å²) in [5.41, 5.74) is 0. The highest BCUT2D eigenvalue weighted by molar-refractivity contribution is 7.47. The van der Waals surface area contributed by atoms with Gasteiger partial charge < -0.3 is 33.8 Å². The zero-order valence-electron chi connectivity index (χ0n) is 68.2. The summed E-state index contributed by atoms with van der Waals surface area (Å²) < 4.78 is 68.7. The number of esters is 4. The van der Waals surface area contributed by atoms with Gasteiger partial charge in [-0.2, -0.15) is 0 Å². The number of aliphatic hydroxyl groups excluding tert-OH is 1. The van der Waals surface area contributed by atoms with Gasteiger partial charge in [0, 0.05) is 25.7 Å². The average molecular weight is 1520 g/mol. The number of unbranched alkanes of at least 4 members (excludes halogenated alkanes) is 56. The fourth-order valence-electron chi connectivity index (χ4n) is 13.3. The number of phosphoric acid groups is 2. The molecular formula is C85H166O17P2. The number of carbonyl (C=O) groups is 4. The molecule has 0 saturated carbocycles. The first-order chi connectivity index (χ1) is 50.6. The number of hydrogen-bond donors (Lipinski definition) is 3. The Hall–Kier alpha value is -1.94. The lowest BCUT2D eigenvalue weighted by Crippen LogP contribution is -2.30. The zero-order chi connectivity index (χ0) is 76.2. The van der Waals surface area contributed by atoms with Gasteiger partial charge in [0.1, 0.15) is 19.3 Å². The van der Waals surface area contributed by atoms with Gasteiger partial charge in [0.05, 0.1) is 26.4 Å². The number of rotatable bonds is 85. The first-order valence-corrected chi connectivity index (χ1v) is 47.2. The van der Waals surface area contributed by atoms with E-state index >= 15 is 0 Å². The average Bonchev–Trinajstić information content (AvgIpc) is 0.909. The number of aliphatic hydroxyl groups is 1. The molecule has 104 heavy (non-hydrogen) atoms. The molecule has 17 nitrogen and oxygen atoms in total. The molecule has 0 aromatic heterocycles. The van der Waals surface area contributed by atoms with E-state index in [-0.39, 0.29) is 25.7 Å². The molecule has 6 atom stereocenters. The molecule has 0 radical (unpaired) electrons. The van der Waals surface area contributed by atoms with Crippen LogP contribution in [0.15, 0.2) is 0 Å². The van der Waals surface area contributed by atoms with Crippen LogP contribution in [0.25, 0.3) is 0 Å². The quantitative estimate of drug-likeness (QED) is 0.0222. The Labute approximate surface area is 638 Å². The number of ether oxygens (including phenoxy) is 4. The van der Waals surface area contributed by atoms with Gasteiger partial charge in [-0.25, -0.2) is 9.13 Å². The maximum absolute atomic E-state index is 13.1. The van der Waals surface area contributed by atoms with Gasteiger partial charge in [0.2, 0.25) is 0 Å². The molecule has 618 valence electrons. The Morgan fingerprint density at radius 1 is 0.269 bits per heavy atom. The minimum absolute atomic E-state index is 0.106. The third-order valence-corrected chi connectivity index (χ3v) is 22.3. The summed E-state index contributed by atoms with van der Waals surface area (Å²) in [4.78, 5) is 73.0. The van der Waals surface area contributed by atoms with E-state index in [1.54, 1.807) is 0 Å². The van der Waals surface area contributed by atoms with Crippen LogP contribution in [0.1, 0.15) is 458 Å². The first kappa shape index (κ1) is 102. The van der Waals surface area contributed by atoms with Crippen molar-refractivity contribution >= 4 is 39.5 Å². The number of carbonyl (C=O) groups excluding carboxylic acids is 4. The number of hydrogen-bond acceptors (Lipinski definition) is 15. The van der Waals surface area contributed by atoms with Crippen molar-refractivity contribution in [1.29, 1.82) is 0 Å². The molecule has 0 aromatic carbocycles. The topological polar surface area (TPSA) is 237 Å². The summed E-state index contributed by atoms with van der Waals surface area (Å²) in [6, 6.07) is 0. The lowest BCUT2D eigenvalue weighted by molar-refractivity contribution is -0.161. The molecule has 19 heteroatoms. The Morgan fingerprint density at radius 3 is 0.683 bits per heavy atom. The Bertz CT molecular complexity index is 1980. The highest BCUT2D eigenvalue weighted by Gasteiger charge is 2.30. The van der Waals surface area contributed by atoms with Crippen molar-refractivity contribution in [3.63, 3.8) is 0 Å². The van der Waals surface area contributed by atoms with Gasteiger partial charge in [-0.15, -0.1) is 0 Å². The van der Waals surface area contributed by atoms with E-state index < -0.39 is 97.5 Å². The maximum atomic E-state index is 13.1. The normalized spacial score (nSPS) is 14.0. The summed E-state index contributed by atoms with van der Waals surface area (Å²) in [5, 5.41) is 10.6. The van der Waals surface area contributed by atoms with Gasteiger partial charge in [-0.05, 0) is 31.6 Å². The molecule has 0 aliphatic rings. The standard InChI is InChI=1S/C85H166O17P2/c1-6-10-13-16-19-21-23-25-27-29-31-33-35-37-39-41-43-45-50-55-60-65-70-84(89)102-81(75-96-83(88)69-64-59-54-49-44-42-40-38-36-34-32-30-28-26-24-22-20-17-14-11-7-2)77-100-104(93,94)98-73-79(86)72-97-103(91,92)99-76-80(74-95-82(87)68-63-58-52-18-15-12-8-3)101-85(90)71-66-61-56-51-47-46-48-53-57-62-67-78(5)9-4/h78-81,86H,6-77H2,1-5H3,(H,91,92)(H,93,94)/t78?,79-,80+,81+/m0/s1. The number of phosphoric ester groups is 2. The van der Waals surface area contributed by atoms with Crippen LogP contribution in [0.4, 0.5) is 0 Å². The molecule has 0 heterocycles. The molecule has 3 unspecified atom stereocenters. The summed E-state index contributed by atoms with van der Waals surface area (Å²) in [5.74, 6) is -1.31. The molecule has 0 aliphatic heterocycles. The van der Waals surface area contributed by atoms with Crippen molar-refractivity contribution in [2.45, 2.75) is 477 Å². The van der Waals surface area contributed by atoms with Crippen LogP contribution in [-0.4, -0.2) is 96.7 Å². The molecule has 3 N–H and O–H groups in total. The van der Waals surface area contributed by atoms with Crippen LogP contribution in [-0.2, 0) is 65.4 Å². The van der Waals surface area contributed by atoms with Gasteiger partial charge >= 0.3 is 39.5 Å². The fourth-order valence-corrected chi connectivity index (χ4v) is 14.8. The highest BCUT2D eigenvalue weighted by atomic mass is 31.2. The maximum Gasteiger partial charge on any atom is 0.472 e. The van der Waals surface area contributed by atoms with Crippen molar-refractivity contribution in [3.8, 4) is 0 Å². The minimum Gasteiger partial charge on any atom is -0.462 e. The molecule has 0 amide bonds.